The molecule has 0 unspecified atom stereocenters. The first-order valence-corrected chi connectivity index (χ1v) is 2.15. The van der Waals surface area contributed by atoms with Gasteiger partial charge in [0, 0.05) is 0 Å². The topological polar surface area (TPSA) is 49.8 Å². The Hall–Kier alpha value is -0.390. The lowest BCUT2D eigenvalue weighted by Crippen LogP contribution is -1.92. The Bertz CT molecular complexity index is 128. The zero-order valence-electron chi connectivity index (χ0n) is 3.28. The number of nitrogens with zero attached hydrogens (tertiary/aromatic N) is 1. The minimum Gasteiger partial charge on any atom is -0.388 e. The first-order chi connectivity index (χ1) is 3.18. The molecule has 0 bridgehead atoms. The van der Waals surface area contributed by atoms with Crippen molar-refractivity contribution in [3.63, 3.8) is 0 Å². The van der Waals surface area contributed by atoms with Gasteiger partial charge in [-0.05, 0) is 0 Å². The molecule has 0 atom stereocenters. The van der Waals surface area contributed by atoms with Crippen molar-refractivity contribution in [2.45, 2.75) is 0 Å². The van der Waals surface area contributed by atoms with Crippen LogP contribution in [0.3, 0.4) is 0 Å². The summed E-state index contributed by atoms with van der Waals surface area (Å²) in [6, 6.07) is 1.56. The lowest BCUT2D eigenvalue weighted by atomic mass is 10.6. The van der Waals surface area contributed by atoms with Crippen LogP contribution in [-0.2, 0) is 0 Å². The van der Waals surface area contributed by atoms with Crippen LogP contribution >= 0.6 is 23.2 Å². The normalized spacial score (nSPS) is 7.00. The van der Waals surface area contributed by atoms with Gasteiger partial charge < -0.3 is 5.73 Å². The molecule has 0 aliphatic rings. The Morgan fingerprint density at radius 1 is 1.57 bits per heavy atom. The van der Waals surface area contributed by atoms with Gasteiger partial charge in [0.2, 0.25) is 0 Å². The summed E-state index contributed by atoms with van der Waals surface area (Å²) in [4.78, 5) is 0. The fourth-order valence-electron chi connectivity index (χ4n) is 0.0423. The molecule has 0 amide bonds. The molecule has 0 aromatic heterocycles. The first kappa shape index (κ1) is 6.61. The molecule has 0 rings (SSSR count). The molecule has 7 heavy (non-hydrogen) atoms. The third kappa shape index (κ3) is 2.32. The molecular formula is C3H2Cl2N2. The predicted octanol–water partition coefficient (Wildman–Crippen LogP) is 1.12. The van der Waals surface area contributed by atoms with E-state index in [-0.39, 0.29) is 10.2 Å². The Morgan fingerprint density at radius 3 is 2.00 bits per heavy atom. The predicted molar refractivity (Wildman–Crippen MR) is 28.5 cm³/mol. The highest BCUT2D eigenvalue weighted by atomic mass is 35.5. The second-order valence-electron chi connectivity index (χ2n) is 0.786. The molecule has 0 radical (unpaired) electrons. The van der Waals surface area contributed by atoms with Gasteiger partial charge in [-0.25, -0.2) is 0 Å². The van der Waals surface area contributed by atoms with Crippen molar-refractivity contribution >= 4 is 23.2 Å². The molecule has 0 aliphatic heterocycles. The second kappa shape index (κ2) is 2.73. The van der Waals surface area contributed by atoms with E-state index in [1.165, 1.54) is 0 Å². The number of hydrogen-bond donors (Lipinski definition) is 1. The van der Waals surface area contributed by atoms with Crippen LogP contribution in [0.15, 0.2) is 10.2 Å². The Balaban J connectivity index is 4.07. The van der Waals surface area contributed by atoms with Gasteiger partial charge in [-0.1, -0.05) is 23.2 Å². The standard InChI is InChI=1S/C3H2Cl2N2/c4-3(5)2(7)1-6/h7H2. The summed E-state index contributed by atoms with van der Waals surface area (Å²) >= 11 is 10.1. The molecule has 0 aromatic rings. The third-order valence-electron chi connectivity index (χ3n) is 0.324. The third-order valence-corrected chi connectivity index (χ3v) is 0.731. The molecular weight excluding hydrogens is 135 g/mol. The highest BCUT2D eigenvalue weighted by Crippen LogP contribution is 2.07. The van der Waals surface area contributed by atoms with Crippen LogP contribution in [-0.4, -0.2) is 0 Å². The van der Waals surface area contributed by atoms with E-state index in [4.69, 9.17) is 34.2 Å². The number of halogens is 2. The van der Waals surface area contributed by atoms with Crippen molar-refractivity contribution in [1.29, 1.82) is 5.26 Å². The molecule has 4 heteroatoms. The average molecular weight is 137 g/mol. The molecule has 0 saturated heterocycles. The molecule has 2 nitrogen and oxygen atoms in total. The smallest absolute Gasteiger partial charge is 0.141 e. The molecule has 38 valence electrons. The summed E-state index contributed by atoms with van der Waals surface area (Å²) in [5, 5.41) is 7.90. The van der Waals surface area contributed by atoms with Crippen molar-refractivity contribution < 1.29 is 0 Å². The number of nitriles is 1. The van der Waals surface area contributed by atoms with Crippen LogP contribution in [0.5, 0.6) is 0 Å². The maximum atomic E-state index is 7.90. The summed E-state index contributed by atoms with van der Waals surface area (Å²) in [6.45, 7) is 0. The quantitative estimate of drug-likeness (QED) is 0.508. The van der Waals surface area contributed by atoms with Gasteiger partial charge in [0.25, 0.3) is 0 Å². The molecule has 0 fully saturated rings. The van der Waals surface area contributed by atoms with Crippen molar-refractivity contribution in [2.75, 3.05) is 0 Å². The molecule has 0 saturated carbocycles. The SMILES string of the molecule is N#CC(N)=C(Cl)Cl. The zero-order valence-corrected chi connectivity index (χ0v) is 4.79. The first-order valence-electron chi connectivity index (χ1n) is 1.39. The fraction of sp³-hybridized carbons (Fsp3) is 0. The number of hydrogen-bond acceptors (Lipinski definition) is 2. The minimum atomic E-state index is -0.178. The Morgan fingerprint density at radius 2 is 2.00 bits per heavy atom. The molecule has 0 aromatic carbocycles. The van der Waals surface area contributed by atoms with Gasteiger partial charge in [0.1, 0.15) is 16.3 Å². The summed E-state index contributed by atoms with van der Waals surface area (Å²) in [7, 11) is 0. The van der Waals surface area contributed by atoms with Gasteiger partial charge in [-0.2, -0.15) is 5.26 Å². The van der Waals surface area contributed by atoms with E-state index < -0.39 is 0 Å². The summed E-state index contributed by atoms with van der Waals surface area (Å²) in [5.41, 5.74) is 4.72. The van der Waals surface area contributed by atoms with Crippen LogP contribution in [0.2, 0.25) is 0 Å². The zero-order chi connectivity index (χ0) is 5.86. The van der Waals surface area contributed by atoms with Crippen LogP contribution in [0, 0.1) is 11.3 Å². The van der Waals surface area contributed by atoms with Gasteiger partial charge in [-0.15, -0.1) is 0 Å². The van der Waals surface area contributed by atoms with E-state index in [1.807, 2.05) is 0 Å². The number of rotatable bonds is 0. The van der Waals surface area contributed by atoms with Gasteiger partial charge in [-0.3, -0.25) is 0 Å². The van der Waals surface area contributed by atoms with E-state index in [9.17, 15) is 0 Å². The highest BCUT2D eigenvalue weighted by molar-refractivity contribution is 6.56. The minimum absolute atomic E-state index is 0.150. The van der Waals surface area contributed by atoms with E-state index in [1.54, 1.807) is 6.07 Å². The number of allylic oxidation sites excluding steroid dienone is 1. The van der Waals surface area contributed by atoms with E-state index >= 15 is 0 Å². The number of nitrogens with two attached hydrogens (primary N) is 1. The largest absolute Gasteiger partial charge is 0.388 e. The van der Waals surface area contributed by atoms with Gasteiger partial charge >= 0.3 is 0 Å². The van der Waals surface area contributed by atoms with Crippen LogP contribution in [0.25, 0.3) is 0 Å². The lowest BCUT2D eigenvalue weighted by Gasteiger charge is -1.80. The van der Waals surface area contributed by atoms with E-state index in [0.717, 1.165) is 0 Å². The maximum Gasteiger partial charge on any atom is 0.141 e. The second-order valence-corrected chi connectivity index (χ2v) is 1.74. The average Bonchev–Trinajstić information content (AvgIpc) is 1.65. The monoisotopic (exact) mass is 136 g/mol. The van der Waals surface area contributed by atoms with Gasteiger partial charge in [0.15, 0.2) is 0 Å². The molecule has 0 spiro atoms. The van der Waals surface area contributed by atoms with Crippen molar-refractivity contribution in [3.8, 4) is 6.07 Å². The molecule has 0 heterocycles. The van der Waals surface area contributed by atoms with E-state index in [2.05, 4.69) is 0 Å². The van der Waals surface area contributed by atoms with Gasteiger partial charge in [0.05, 0.1) is 0 Å². The maximum absolute atomic E-state index is 7.90. The van der Waals surface area contributed by atoms with Crippen molar-refractivity contribution in [2.24, 2.45) is 5.73 Å². The summed E-state index contributed by atoms with van der Waals surface area (Å²) in [5.74, 6) is 0. The Labute approximate surface area is 51.1 Å². The van der Waals surface area contributed by atoms with E-state index in [0.29, 0.717) is 0 Å². The van der Waals surface area contributed by atoms with Crippen LogP contribution in [0.1, 0.15) is 0 Å². The molecule has 2 N–H and O–H groups in total. The molecule has 0 aliphatic carbocycles. The van der Waals surface area contributed by atoms with Crippen LogP contribution < -0.4 is 5.73 Å². The summed E-state index contributed by atoms with van der Waals surface area (Å²) in [6.07, 6.45) is 0. The van der Waals surface area contributed by atoms with Crippen LogP contribution in [0.4, 0.5) is 0 Å². The van der Waals surface area contributed by atoms with Crippen molar-refractivity contribution in [1.82, 2.24) is 0 Å². The lowest BCUT2D eigenvalue weighted by molar-refractivity contribution is 1.39. The Kier molecular flexibility index (Phi) is 2.58. The summed E-state index contributed by atoms with van der Waals surface area (Å²) < 4.78 is -0.178. The fourth-order valence-corrected chi connectivity index (χ4v) is 0.127. The van der Waals surface area contributed by atoms with Crippen molar-refractivity contribution in [3.05, 3.63) is 10.2 Å². The highest BCUT2D eigenvalue weighted by Gasteiger charge is 1.89.